The number of nitrogens with one attached hydrogen (secondary N) is 1. The molecule has 0 saturated carbocycles. The minimum Gasteiger partial charge on any atom is -0.394 e. The fourth-order valence-electron chi connectivity index (χ4n) is 3.04. The lowest BCUT2D eigenvalue weighted by Gasteiger charge is -2.35. The van der Waals surface area contributed by atoms with Gasteiger partial charge in [0.15, 0.2) is 0 Å². The Morgan fingerprint density at radius 1 is 1.38 bits per heavy atom. The zero-order chi connectivity index (χ0) is 16.8. The first-order valence-electron chi connectivity index (χ1n) is 8.67. The van der Waals surface area contributed by atoms with E-state index in [0.717, 1.165) is 56.1 Å². The van der Waals surface area contributed by atoms with E-state index < -0.39 is 0 Å². The molecule has 1 aliphatic rings. The molecule has 1 aliphatic heterocycles. The molecule has 2 aromatic rings. The van der Waals surface area contributed by atoms with E-state index in [-0.39, 0.29) is 12.6 Å². The molecule has 2 N–H and O–H groups in total. The van der Waals surface area contributed by atoms with Gasteiger partial charge in [-0.15, -0.1) is 11.3 Å². The lowest BCUT2D eigenvalue weighted by Crippen LogP contribution is -2.42. The molecule has 0 aliphatic carbocycles. The number of aliphatic hydroxyl groups is 1. The molecule has 0 radical (unpaired) electrons. The Morgan fingerprint density at radius 2 is 2.29 bits per heavy atom. The van der Waals surface area contributed by atoms with Crippen molar-refractivity contribution in [1.82, 2.24) is 15.0 Å². The van der Waals surface area contributed by atoms with E-state index in [0.29, 0.717) is 0 Å². The molecule has 2 aromatic heterocycles. The van der Waals surface area contributed by atoms with Gasteiger partial charge in [-0.3, -0.25) is 0 Å². The molecule has 0 aromatic carbocycles. The number of hydrogen-bond donors (Lipinski definition) is 2. The Hall–Kier alpha value is -1.73. The third-order valence-electron chi connectivity index (χ3n) is 4.37. The van der Waals surface area contributed by atoms with Crippen LogP contribution in [-0.4, -0.2) is 45.8 Å². The highest BCUT2D eigenvalue weighted by atomic mass is 32.1. The number of nitrogens with zero attached hydrogens (tertiary/aromatic N) is 4. The molecular formula is C17H25N5OS. The number of anilines is 2. The van der Waals surface area contributed by atoms with Gasteiger partial charge in [0.2, 0.25) is 0 Å². The fourth-order valence-corrected chi connectivity index (χ4v) is 3.82. The van der Waals surface area contributed by atoms with Gasteiger partial charge in [0, 0.05) is 31.0 Å². The quantitative estimate of drug-likeness (QED) is 0.802. The summed E-state index contributed by atoms with van der Waals surface area (Å²) in [5.74, 6) is 1.72. The zero-order valence-electron chi connectivity index (χ0n) is 14.1. The van der Waals surface area contributed by atoms with Gasteiger partial charge in [0.1, 0.15) is 18.0 Å². The summed E-state index contributed by atoms with van der Waals surface area (Å²) in [4.78, 5) is 15.5. The summed E-state index contributed by atoms with van der Waals surface area (Å²) in [6.45, 7) is 4.05. The van der Waals surface area contributed by atoms with Crippen LogP contribution in [0.5, 0.6) is 0 Å². The smallest absolute Gasteiger partial charge is 0.134 e. The Bertz CT molecular complexity index is 647. The SMILES string of the molecule is CCc1nc(CCNc2cc(N3CCCCC3CO)ncn2)cs1. The molecule has 0 bridgehead atoms. The van der Waals surface area contributed by atoms with Crippen LogP contribution in [0.2, 0.25) is 0 Å². The summed E-state index contributed by atoms with van der Waals surface area (Å²) in [5, 5.41) is 16.3. The van der Waals surface area contributed by atoms with Crippen LogP contribution in [0.15, 0.2) is 17.8 Å². The van der Waals surface area contributed by atoms with Crippen molar-refractivity contribution in [2.75, 3.05) is 29.9 Å². The van der Waals surface area contributed by atoms with Gasteiger partial charge in [0.05, 0.1) is 23.4 Å². The molecule has 3 heterocycles. The number of aryl methyl sites for hydroxylation is 1. The molecule has 1 fully saturated rings. The van der Waals surface area contributed by atoms with Crippen molar-refractivity contribution >= 4 is 23.0 Å². The van der Waals surface area contributed by atoms with Crippen LogP contribution < -0.4 is 10.2 Å². The summed E-state index contributed by atoms with van der Waals surface area (Å²) in [7, 11) is 0. The maximum atomic E-state index is 9.58. The van der Waals surface area contributed by atoms with Gasteiger partial charge < -0.3 is 15.3 Å². The summed E-state index contributed by atoms with van der Waals surface area (Å²) in [6, 6.07) is 2.15. The zero-order valence-corrected chi connectivity index (χ0v) is 14.9. The van der Waals surface area contributed by atoms with Crippen LogP contribution in [0.25, 0.3) is 0 Å². The second-order valence-corrected chi connectivity index (χ2v) is 6.99. The molecule has 6 nitrogen and oxygen atoms in total. The third-order valence-corrected chi connectivity index (χ3v) is 5.42. The van der Waals surface area contributed by atoms with E-state index in [4.69, 9.17) is 0 Å². The highest BCUT2D eigenvalue weighted by Gasteiger charge is 2.23. The normalized spacial score (nSPS) is 17.9. The number of hydrogen-bond acceptors (Lipinski definition) is 7. The first-order chi connectivity index (χ1) is 11.8. The van der Waals surface area contributed by atoms with Gasteiger partial charge in [-0.2, -0.15) is 0 Å². The highest BCUT2D eigenvalue weighted by molar-refractivity contribution is 7.09. The lowest BCUT2D eigenvalue weighted by molar-refractivity contribution is 0.239. The van der Waals surface area contributed by atoms with E-state index in [1.54, 1.807) is 17.7 Å². The molecule has 1 atom stereocenters. The van der Waals surface area contributed by atoms with Gasteiger partial charge in [0.25, 0.3) is 0 Å². The van der Waals surface area contributed by atoms with Crippen LogP contribution in [-0.2, 0) is 12.8 Å². The predicted octanol–water partition coefficient (Wildman–Crippen LogP) is 2.50. The Morgan fingerprint density at radius 3 is 3.08 bits per heavy atom. The molecule has 3 rings (SSSR count). The average Bonchev–Trinajstić information content (AvgIpc) is 3.10. The van der Waals surface area contributed by atoms with Crippen molar-refractivity contribution in [1.29, 1.82) is 0 Å². The largest absolute Gasteiger partial charge is 0.394 e. The average molecular weight is 347 g/mol. The van der Waals surface area contributed by atoms with Crippen LogP contribution in [0.1, 0.15) is 36.9 Å². The molecular weight excluding hydrogens is 322 g/mol. The molecule has 0 spiro atoms. The summed E-state index contributed by atoms with van der Waals surface area (Å²) in [6.07, 6.45) is 6.82. The first-order valence-corrected chi connectivity index (χ1v) is 9.54. The van der Waals surface area contributed by atoms with Gasteiger partial charge in [-0.1, -0.05) is 6.92 Å². The molecule has 24 heavy (non-hydrogen) atoms. The maximum Gasteiger partial charge on any atom is 0.134 e. The van der Waals surface area contributed by atoms with Crippen molar-refractivity contribution in [2.45, 2.75) is 45.1 Å². The number of thiazole rings is 1. The lowest BCUT2D eigenvalue weighted by atomic mass is 10.0. The third kappa shape index (κ3) is 4.21. The van der Waals surface area contributed by atoms with Crippen LogP contribution in [0, 0.1) is 0 Å². The highest BCUT2D eigenvalue weighted by Crippen LogP contribution is 2.24. The minimum absolute atomic E-state index is 0.170. The van der Waals surface area contributed by atoms with E-state index in [9.17, 15) is 5.11 Å². The van der Waals surface area contributed by atoms with Crippen LogP contribution in [0.4, 0.5) is 11.6 Å². The van der Waals surface area contributed by atoms with Crippen molar-refractivity contribution < 1.29 is 5.11 Å². The molecule has 1 unspecified atom stereocenters. The van der Waals surface area contributed by atoms with Crippen molar-refractivity contribution in [3.8, 4) is 0 Å². The molecule has 1 saturated heterocycles. The van der Waals surface area contributed by atoms with E-state index >= 15 is 0 Å². The van der Waals surface area contributed by atoms with Crippen molar-refractivity contribution in [3.05, 3.63) is 28.5 Å². The van der Waals surface area contributed by atoms with E-state index in [2.05, 4.69) is 37.5 Å². The Balaban J connectivity index is 1.58. The first kappa shape index (κ1) is 17.1. The van der Waals surface area contributed by atoms with Crippen molar-refractivity contribution in [3.63, 3.8) is 0 Å². The second kappa shape index (κ2) is 8.39. The van der Waals surface area contributed by atoms with E-state index in [1.165, 1.54) is 11.4 Å². The van der Waals surface area contributed by atoms with Crippen molar-refractivity contribution in [2.24, 2.45) is 0 Å². The predicted molar refractivity (Wildman–Crippen MR) is 97.8 cm³/mol. The minimum atomic E-state index is 0.170. The Labute approximate surface area is 147 Å². The van der Waals surface area contributed by atoms with Crippen LogP contribution >= 0.6 is 11.3 Å². The standard InChI is InChI=1S/C17H25N5OS/c1-2-17-21-13(11-24-17)6-7-18-15-9-16(20-12-19-15)22-8-4-3-5-14(22)10-23/h9,11-12,14,23H,2-8,10H2,1H3,(H,18,19,20). The summed E-state index contributed by atoms with van der Waals surface area (Å²) < 4.78 is 0. The second-order valence-electron chi connectivity index (χ2n) is 6.05. The molecule has 7 heteroatoms. The number of aromatic nitrogens is 3. The van der Waals surface area contributed by atoms with Crippen LogP contribution in [0.3, 0.4) is 0 Å². The number of aliphatic hydroxyl groups excluding tert-OH is 1. The summed E-state index contributed by atoms with van der Waals surface area (Å²) in [5.41, 5.74) is 1.13. The van der Waals surface area contributed by atoms with Gasteiger partial charge >= 0.3 is 0 Å². The summed E-state index contributed by atoms with van der Waals surface area (Å²) >= 11 is 1.72. The number of piperidine rings is 1. The molecule has 0 amide bonds. The maximum absolute atomic E-state index is 9.58. The topological polar surface area (TPSA) is 74.2 Å². The Kier molecular flexibility index (Phi) is 5.98. The molecule has 130 valence electrons. The fraction of sp³-hybridized carbons (Fsp3) is 0.588. The monoisotopic (exact) mass is 347 g/mol. The number of rotatable bonds is 7. The van der Waals surface area contributed by atoms with E-state index in [1.807, 2.05) is 6.07 Å². The van der Waals surface area contributed by atoms with Gasteiger partial charge in [-0.05, 0) is 25.7 Å². The van der Waals surface area contributed by atoms with Gasteiger partial charge in [-0.25, -0.2) is 15.0 Å².